The molecule has 0 amide bonds. The molecular weight excluding hydrogens is 805 g/mol. The second-order valence-electron chi connectivity index (χ2n) is 19.1. The van der Waals surface area contributed by atoms with E-state index < -0.39 is 17.4 Å². The minimum absolute atomic E-state index is 0.112. The van der Waals surface area contributed by atoms with Crippen LogP contribution >= 0.6 is 0 Å². The highest BCUT2D eigenvalue weighted by atomic mass is 16.5. The maximum atomic E-state index is 12.3. The van der Waals surface area contributed by atoms with Gasteiger partial charge in [-0.25, -0.2) is 9.59 Å². The van der Waals surface area contributed by atoms with Gasteiger partial charge in [0.05, 0.1) is 11.1 Å². The predicted octanol–water partition coefficient (Wildman–Crippen LogP) is 16.7. The van der Waals surface area contributed by atoms with Crippen LogP contribution in [0.2, 0.25) is 0 Å². The lowest BCUT2D eigenvalue weighted by atomic mass is 9.76. The fourth-order valence-corrected chi connectivity index (χ4v) is 8.62. The van der Waals surface area contributed by atoms with Crippen LogP contribution < -0.4 is 0 Å². The molecule has 65 heavy (non-hydrogen) atoms. The van der Waals surface area contributed by atoms with Crippen LogP contribution in [0.5, 0.6) is 0 Å². The molecule has 2 rings (SSSR count). The predicted molar refractivity (Wildman–Crippen MR) is 273 cm³/mol. The van der Waals surface area contributed by atoms with E-state index in [-0.39, 0.29) is 24.3 Å². The number of carboxylic acid groups (broad SMARTS) is 2. The third kappa shape index (κ3) is 27.6. The molecule has 0 aliphatic heterocycles. The van der Waals surface area contributed by atoms with Gasteiger partial charge in [-0.15, -0.1) is 0 Å². The lowest BCUT2D eigenvalue weighted by Gasteiger charge is -2.27. The minimum atomic E-state index is -1.06. The number of unbranched alkanes of at least 4 members (excludes halogenated alkanes) is 30. The summed E-state index contributed by atoms with van der Waals surface area (Å²) in [4.78, 5) is 24.7. The molecule has 364 valence electrons. The number of carboxylic acids is 2. The topological polar surface area (TPSA) is 93.1 Å². The molecule has 0 fully saturated rings. The van der Waals surface area contributed by atoms with Crippen molar-refractivity contribution in [3.63, 3.8) is 0 Å². The fraction of sp³-hybridized carbons (Fsp3) is 0.695. The number of hydrogen-bond donors (Lipinski definition) is 2. The van der Waals surface area contributed by atoms with Gasteiger partial charge in [-0.2, -0.15) is 0 Å². The Balaban J connectivity index is 1.68. The van der Waals surface area contributed by atoms with E-state index in [0.29, 0.717) is 24.3 Å². The zero-order valence-electron chi connectivity index (χ0n) is 41.9. The Morgan fingerprint density at radius 3 is 0.954 bits per heavy atom. The van der Waals surface area contributed by atoms with Crippen LogP contribution in [0.15, 0.2) is 36.4 Å². The second-order valence-corrected chi connectivity index (χ2v) is 19.1. The number of rotatable bonds is 40. The maximum Gasteiger partial charge on any atom is 0.336 e. The Kier molecular flexibility index (Phi) is 34.1. The first-order chi connectivity index (χ1) is 31.7. The standard InChI is InChI=1S/C59H92O6/c1-5-7-9-11-13-15-17-19-21-23-25-27-29-31-33-35-45-64-47-37-39-51-41-43-53(49-55(51)57(60)61)59(3,4)54-44-42-52(56(50-54)58(62)63)40-38-48-65-46-36-34-32-30-28-26-24-22-20-18-16-14-12-10-8-6-2/h41-44,49-50H,5-36,45-48H2,1-4H3,(H,60,61)(H,62,63). The van der Waals surface area contributed by atoms with Crippen LogP contribution in [0.4, 0.5) is 0 Å². The number of carbonyl (C=O) groups is 2. The first kappa shape index (κ1) is 57.5. The van der Waals surface area contributed by atoms with E-state index in [0.717, 1.165) is 36.8 Å². The summed E-state index contributed by atoms with van der Waals surface area (Å²) in [6.45, 7) is 10.3. The lowest BCUT2D eigenvalue weighted by Crippen LogP contribution is -2.21. The molecule has 0 saturated carbocycles. The van der Waals surface area contributed by atoms with Crippen LogP contribution in [-0.2, 0) is 14.9 Å². The summed E-state index contributed by atoms with van der Waals surface area (Å²) in [6.07, 6.45) is 42.6. The molecular formula is C59H92O6. The average molecular weight is 897 g/mol. The van der Waals surface area contributed by atoms with Crippen LogP contribution in [0.3, 0.4) is 0 Å². The summed E-state index contributed by atoms with van der Waals surface area (Å²) in [7, 11) is 0. The normalized spacial score (nSPS) is 11.3. The molecule has 6 nitrogen and oxygen atoms in total. The first-order valence-corrected chi connectivity index (χ1v) is 26.6. The van der Waals surface area contributed by atoms with E-state index in [1.165, 1.54) is 180 Å². The molecule has 2 N–H and O–H groups in total. The Labute approximate surface area is 398 Å². The van der Waals surface area contributed by atoms with Crippen molar-refractivity contribution < 1.29 is 29.3 Å². The van der Waals surface area contributed by atoms with Gasteiger partial charge in [-0.05, 0) is 48.2 Å². The third-order valence-electron chi connectivity index (χ3n) is 13.0. The summed E-state index contributed by atoms with van der Waals surface area (Å²) >= 11 is 0. The molecule has 6 heteroatoms. The number of benzene rings is 2. The molecule has 0 heterocycles. The van der Waals surface area contributed by atoms with E-state index in [1.54, 1.807) is 24.3 Å². The summed E-state index contributed by atoms with van der Waals surface area (Å²) in [5.74, 6) is 9.88. The largest absolute Gasteiger partial charge is 0.478 e. The van der Waals surface area contributed by atoms with Crippen molar-refractivity contribution in [1.82, 2.24) is 0 Å². The van der Waals surface area contributed by atoms with Gasteiger partial charge >= 0.3 is 11.9 Å². The van der Waals surface area contributed by atoms with Crippen molar-refractivity contribution in [2.75, 3.05) is 26.4 Å². The minimum Gasteiger partial charge on any atom is -0.478 e. The highest BCUT2D eigenvalue weighted by Gasteiger charge is 2.27. The number of aromatic carboxylic acids is 2. The van der Waals surface area contributed by atoms with Crippen LogP contribution in [-0.4, -0.2) is 48.6 Å². The summed E-state index contributed by atoms with van der Waals surface area (Å²) in [5, 5.41) is 20.2. The molecule has 2 aromatic rings. The van der Waals surface area contributed by atoms with Crippen molar-refractivity contribution in [1.29, 1.82) is 0 Å². The number of hydrogen-bond acceptors (Lipinski definition) is 4. The molecule has 0 saturated heterocycles. The van der Waals surface area contributed by atoms with Crippen molar-refractivity contribution in [2.45, 2.75) is 239 Å². The Bertz CT molecular complexity index is 1550. The number of ether oxygens (including phenoxy) is 2. The quantitative estimate of drug-likeness (QED) is 0.0511. The maximum absolute atomic E-state index is 12.3. The van der Waals surface area contributed by atoms with Gasteiger partial charge in [0.15, 0.2) is 0 Å². The van der Waals surface area contributed by atoms with Gasteiger partial charge in [0, 0.05) is 29.8 Å². The zero-order chi connectivity index (χ0) is 47.1. The van der Waals surface area contributed by atoms with Crippen LogP contribution in [0, 0.1) is 23.7 Å². The monoisotopic (exact) mass is 897 g/mol. The van der Waals surface area contributed by atoms with Gasteiger partial charge in [0.1, 0.15) is 13.2 Å². The SMILES string of the molecule is CCCCCCCCCCCCCCCCCCOCC#Cc1ccc(C(C)(C)c2ccc(C#CCOCCCCCCCCCCCCCCCCCC)c(C(=O)O)c2)cc1C(=O)O. The van der Waals surface area contributed by atoms with Crippen molar-refractivity contribution in [2.24, 2.45) is 0 Å². The second kappa shape index (κ2) is 38.5. The van der Waals surface area contributed by atoms with Gasteiger partial charge in [0.25, 0.3) is 0 Å². The summed E-state index contributed by atoms with van der Waals surface area (Å²) in [5.41, 5.74) is 1.89. The fourth-order valence-electron chi connectivity index (χ4n) is 8.62. The van der Waals surface area contributed by atoms with Crippen molar-refractivity contribution in [3.8, 4) is 23.7 Å². The zero-order valence-corrected chi connectivity index (χ0v) is 41.9. The highest BCUT2D eigenvalue weighted by Crippen LogP contribution is 2.34. The Morgan fingerprint density at radius 1 is 0.431 bits per heavy atom. The van der Waals surface area contributed by atoms with Crippen molar-refractivity contribution in [3.05, 3.63) is 69.8 Å². The highest BCUT2D eigenvalue weighted by molar-refractivity contribution is 5.92. The van der Waals surface area contributed by atoms with Gasteiger partial charge in [-0.3, -0.25) is 0 Å². The molecule has 0 radical (unpaired) electrons. The van der Waals surface area contributed by atoms with E-state index in [4.69, 9.17) is 9.47 Å². The summed E-state index contributed by atoms with van der Waals surface area (Å²) in [6, 6.07) is 10.5. The molecule has 0 aliphatic carbocycles. The molecule has 0 atom stereocenters. The van der Waals surface area contributed by atoms with Crippen molar-refractivity contribution >= 4 is 11.9 Å². The van der Waals surface area contributed by atoms with Crippen LogP contribution in [0.1, 0.15) is 276 Å². The van der Waals surface area contributed by atoms with E-state index >= 15 is 0 Å². The van der Waals surface area contributed by atoms with Gasteiger partial charge in [0.2, 0.25) is 0 Å². The Morgan fingerprint density at radius 2 is 0.692 bits per heavy atom. The lowest BCUT2D eigenvalue weighted by molar-refractivity contribution is 0.0685. The van der Waals surface area contributed by atoms with E-state index in [2.05, 4.69) is 37.5 Å². The van der Waals surface area contributed by atoms with E-state index in [1.807, 2.05) is 26.0 Å². The summed E-state index contributed by atoms with van der Waals surface area (Å²) < 4.78 is 11.5. The van der Waals surface area contributed by atoms with E-state index in [9.17, 15) is 19.8 Å². The Hall–Kier alpha value is -3.58. The molecule has 0 unspecified atom stereocenters. The average Bonchev–Trinajstić information content (AvgIpc) is 3.30. The smallest absolute Gasteiger partial charge is 0.336 e. The van der Waals surface area contributed by atoms with Gasteiger partial charge < -0.3 is 19.7 Å². The molecule has 0 spiro atoms. The molecule has 0 aromatic heterocycles. The molecule has 0 aliphatic rings. The first-order valence-electron chi connectivity index (χ1n) is 26.6. The molecule has 2 aromatic carbocycles. The molecule has 0 bridgehead atoms. The van der Waals surface area contributed by atoms with Gasteiger partial charge in [-0.1, -0.05) is 256 Å². The van der Waals surface area contributed by atoms with Crippen LogP contribution in [0.25, 0.3) is 0 Å². The third-order valence-corrected chi connectivity index (χ3v) is 13.0.